The molecule has 0 unspecified atom stereocenters. The van der Waals surface area contributed by atoms with Crippen LogP contribution in [0, 0.1) is 5.92 Å². The van der Waals surface area contributed by atoms with E-state index in [0.29, 0.717) is 5.82 Å². The van der Waals surface area contributed by atoms with E-state index in [1.54, 1.807) is 6.20 Å². The zero-order valence-electron chi connectivity index (χ0n) is 18.5. The predicted molar refractivity (Wildman–Crippen MR) is 118 cm³/mol. The molecule has 2 aliphatic heterocycles. The minimum Gasteiger partial charge on any atom is -0.384 e. The maximum Gasteiger partial charge on any atom is 0.315 e. The van der Waals surface area contributed by atoms with Gasteiger partial charge in [-0.2, -0.15) is 0 Å². The van der Waals surface area contributed by atoms with Crippen LogP contribution in [0.2, 0.25) is 0 Å². The summed E-state index contributed by atoms with van der Waals surface area (Å²) >= 11 is 0. The summed E-state index contributed by atoms with van der Waals surface area (Å²) in [5.74, 6) is 0.934. The van der Waals surface area contributed by atoms with Crippen LogP contribution < -0.4 is 16.4 Å². The molecule has 1 aromatic rings. The minimum absolute atomic E-state index is 0.109. The van der Waals surface area contributed by atoms with Crippen LogP contribution in [0.5, 0.6) is 0 Å². The second-order valence-corrected chi connectivity index (χ2v) is 9.59. The van der Waals surface area contributed by atoms with Crippen molar-refractivity contribution in [1.29, 1.82) is 0 Å². The van der Waals surface area contributed by atoms with E-state index in [4.69, 9.17) is 5.73 Å². The summed E-state index contributed by atoms with van der Waals surface area (Å²) in [6, 6.07) is 3.91. The van der Waals surface area contributed by atoms with Crippen molar-refractivity contribution in [3.8, 4) is 0 Å². The fourth-order valence-corrected chi connectivity index (χ4v) is 4.25. The number of aromatic nitrogens is 1. The first kappa shape index (κ1) is 22.3. The first-order chi connectivity index (χ1) is 14.2. The van der Waals surface area contributed by atoms with E-state index in [9.17, 15) is 9.59 Å². The highest BCUT2D eigenvalue weighted by molar-refractivity contribution is 5.79. The number of amides is 3. The summed E-state index contributed by atoms with van der Waals surface area (Å²) in [6.45, 7) is 10.0. The van der Waals surface area contributed by atoms with Gasteiger partial charge in [0.15, 0.2) is 0 Å². The SMILES string of the molecule is CC(C)(C)NC(=O)NC1CCN(C(=O)C2CCN(Cc3ccnc(N)c3)CC2)CC1. The molecule has 0 atom stereocenters. The maximum absolute atomic E-state index is 13.0. The topological polar surface area (TPSA) is 104 Å². The van der Waals surface area contributed by atoms with E-state index in [1.165, 1.54) is 0 Å². The van der Waals surface area contributed by atoms with Crippen LogP contribution >= 0.6 is 0 Å². The molecule has 2 aliphatic rings. The summed E-state index contributed by atoms with van der Waals surface area (Å²) in [5.41, 5.74) is 6.68. The average molecular weight is 417 g/mol. The summed E-state index contributed by atoms with van der Waals surface area (Å²) in [4.78, 5) is 33.4. The Bertz CT molecular complexity index is 731. The molecule has 8 nitrogen and oxygen atoms in total. The minimum atomic E-state index is -0.250. The number of nitrogens with two attached hydrogens (primary N) is 1. The molecule has 3 amide bonds. The molecule has 0 saturated carbocycles. The third-order valence-corrected chi connectivity index (χ3v) is 5.82. The van der Waals surface area contributed by atoms with Crippen LogP contribution in [-0.2, 0) is 11.3 Å². The van der Waals surface area contributed by atoms with Gasteiger partial charge in [-0.3, -0.25) is 9.69 Å². The van der Waals surface area contributed by atoms with Gasteiger partial charge < -0.3 is 21.3 Å². The Hall–Kier alpha value is -2.35. The van der Waals surface area contributed by atoms with E-state index in [1.807, 2.05) is 37.8 Å². The molecular formula is C22H36N6O2. The number of nitrogens with zero attached hydrogens (tertiary/aromatic N) is 3. The molecule has 1 aromatic heterocycles. The van der Waals surface area contributed by atoms with Crippen LogP contribution in [0.4, 0.5) is 10.6 Å². The van der Waals surface area contributed by atoms with Crippen molar-refractivity contribution >= 4 is 17.8 Å². The van der Waals surface area contributed by atoms with Gasteiger partial charge in [0, 0.05) is 43.3 Å². The highest BCUT2D eigenvalue weighted by Gasteiger charge is 2.31. The Kier molecular flexibility index (Phi) is 7.18. The second kappa shape index (κ2) is 9.64. The standard InChI is InChI=1S/C22H36N6O2/c1-22(2,3)26-21(30)25-18-7-12-28(13-8-18)20(29)17-5-10-27(11-6-17)15-16-4-9-24-19(23)14-16/h4,9,14,17-18H,5-8,10-13,15H2,1-3H3,(H2,23,24)(H2,25,26,30). The number of carbonyl (C=O) groups is 2. The lowest BCUT2D eigenvalue weighted by atomic mass is 9.93. The average Bonchev–Trinajstić information content (AvgIpc) is 2.67. The Morgan fingerprint density at radius 3 is 2.40 bits per heavy atom. The number of carbonyl (C=O) groups excluding carboxylic acids is 2. The number of urea groups is 1. The van der Waals surface area contributed by atoms with Crippen molar-refractivity contribution in [2.45, 2.75) is 64.6 Å². The van der Waals surface area contributed by atoms with Gasteiger partial charge in [0.25, 0.3) is 0 Å². The Morgan fingerprint density at radius 1 is 1.13 bits per heavy atom. The monoisotopic (exact) mass is 416 g/mol. The van der Waals surface area contributed by atoms with E-state index >= 15 is 0 Å². The lowest BCUT2D eigenvalue weighted by molar-refractivity contribution is -0.138. The van der Waals surface area contributed by atoms with E-state index in [-0.39, 0.29) is 29.4 Å². The van der Waals surface area contributed by atoms with Crippen molar-refractivity contribution < 1.29 is 9.59 Å². The molecule has 4 N–H and O–H groups in total. The number of hydrogen-bond acceptors (Lipinski definition) is 5. The van der Waals surface area contributed by atoms with Gasteiger partial charge in [-0.05, 0) is 77.2 Å². The smallest absolute Gasteiger partial charge is 0.315 e. The molecule has 0 spiro atoms. The maximum atomic E-state index is 13.0. The Balaban J connectivity index is 1.39. The first-order valence-electron chi connectivity index (χ1n) is 11.0. The number of rotatable bonds is 4. The Morgan fingerprint density at radius 2 is 1.80 bits per heavy atom. The molecule has 2 saturated heterocycles. The van der Waals surface area contributed by atoms with Gasteiger partial charge in [-0.25, -0.2) is 9.78 Å². The first-order valence-corrected chi connectivity index (χ1v) is 11.0. The summed E-state index contributed by atoms with van der Waals surface area (Å²) in [7, 11) is 0. The molecule has 2 fully saturated rings. The third-order valence-electron chi connectivity index (χ3n) is 5.82. The van der Waals surface area contributed by atoms with Gasteiger partial charge in [-0.15, -0.1) is 0 Å². The molecule has 166 valence electrons. The van der Waals surface area contributed by atoms with Gasteiger partial charge in [0.1, 0.15) is 5.82 Å². The number of piperidine rings is 2. The highest BCUT2D eigenvalue weighted by Crippen LogP contribution is 2.23. The van der Waals surface area contributed by atoms with E-state index < -0.39 is 0 Å². The number of nitrogen functional groups attached to an aromatic ring is 1. The molecule has 0 radical (unpaired) electrons. The van der Waals surface area contributed by atoms with Crippen molar-refractivity contribution in [3.05, 3.63) is 23.9 Å². The number of likely N-dealkylation sites (tertiary alicyclic amines) is 2. The van der Waals surface area contributed by atoms with Crippen molar-refractivity contribution in [2.75, 3.05) is 31.9 Å². The third kappa shape index (κ3) is 6.58. The van der Waals surface area contributed by atoms with Crippen LogP contribution in [0.1, 0.15) is 52.0 Å². The van der Waals surface area contributed by atoms with Crippen molar-refractivity contribution in [2.24, 2.45) is 5.92 Å². The molecular weight excluding hydrogens is 380 g/mol. The number of nitrogens with one attached hydrogen (secondary N) is 2. The quantitative estimate of drug-likeness (QED) is 0.696. The second-order valence-electron chi connectivity index (χ2n) is 9.59. The summed E-state index contributed by atoms with van der Waals surface area (Å²) < 4.78 is 0. The normalized spacial score (nSPS) is 19.5. The molecule has 0 bridgehead atoms. The fraction of sp³-hybridized carbons (Fsp3) is 0.682. The van der Waals surface area contributed by atoms with Gasteiger partial charge in [0.05, 0.1) is 0 Å². The molecule has 30 heavy (non-hydrogen) atoms. The summed E-state index contributed by atoms with van der Waals surface area (Å²) in [5, 5.41) is 5.97. The van der Waals surface area contributed by atoms with E-state index in [0.717, 1.165) is 64.0 Å². The fourth-order valence-electron chi connectivity index (χ4n) is 4.25. The van der Waals surface area contributed by atoms with Crippen LogP contribution in [0.3, 0.4) is 0 Å². The molecule has 3 heterocycles. The molecule has 0 aliphatic carbocycles. The zero-order valence-corrected chi connectivity index (χ0v) is 18.5. The van der Waals surface area contributed by atoms with Crippen LogP contribution in [0.15, 0.2) is 18.3 Å². The van der Waals surface area contributed by atoms with E-state index in [2.05, 4.69) is 20.5 Å². The van der Waals surface area contributed by atoms with Crippen LogP contribution in [0.25, 0.3) is 0 Å². The lowest BCUT2D eigenvalue weighted by Crippen LogP contribution is -2.53. The lowest BCUT2D eigenvalue weighted by Gasteiger charge is -2.37. The van der Waals surface area contributed by atoms with Crippen molar-refractivity contribution in [1.82, 2.24) is 25.4 Å². The number of anilines is 1. The predicted octanol–water partition coefficient (Wildman–Crippen LogP) is 1.96. The van der Waals surface area contributed by atoms with Crippen LogP contribution in [-0.4, -0.2) is 64.5 Å². The molecule has 3 rings (SSSR count). The van der Waals surface area contributed by atoms with Gasteiger partial charge >= 0.3 is 6.03 Å². The number of pyridine rings is 1. The largest absolute Gasteiger partial charge is 0.384 e. The van der Waals surface area contributed by atoms with Gasteiger partial charge in [-0.1, -0.05) is 0 Å². The number of hydrogen-bond donors (Lipinski definition) is 3. The summed E-state index contributed by atoms with van der Waals surface area (Å²) in [6.07, 6.45) is 5.15. The molecule has 0 aromatic carbocycles. The zero-order chi connectivity index (χ0) is 21.7. The molecule has 8 heteroatoms. The van der Waals surface area contributed by atoms with Crippen molar-refractivity contribution in [3.63, 3.8) is 0 Å². The highest BCUT2D eigenvalue weighted by atomic mass is 16.2. The Labute approximate surface area is 179 Å². The van der Waals surface area contributed by atoms with Gasteiger partial charge in [0.2, 0.25) is 5.91 Å².